The quantitative estimate of drug-likeness (QED) is 0.418. The molecule has 0 aliphatic carbocycles. The van der Waals surface area contributed by atoms with Crippen LogP contribution in [0, 0.1) is 0 Å². The summed E-state index contributed by atoms with van der Waals surface area (Å²) in [5.74, 6) is 0.943. The molecule has 11 heteroatoms. The van der Waals surface area contributed by atoms with Gasteiger partial charge in [0.1, 0.15) is 0 Å². The number of rotatable bonds is 5. The van der Waals surface area contributed by atoms with Crippen LogP contribution in [0.25, 0.3) is 11.2 Å². The number of ether oxygens (including phenoxy) is 2. The van der Waals surface area contributed by atoms with E-state index in [1.807, 2.05) is 36.4 Å². The van der Waals surface area contributed by atoms with Gasteiger partial charge in [0.05, 0.1) is 18.9 Å². The van der Waals surface area contributed by atoms with Gasteiger partial charge in [0.25, 0.3) is 5.56 Å². The van der Waals surface area contributed by atoms with E-state index in [0.717, 1.165) is 32.3 Å². The maximum atomic E-state index is 12.6. The van der Waals surface area contributed by atoms with Crippen molar-refractivity contribution in [3.63, 3.8) is 0 Å². The Bertz CT molecular complexity index is 1600. The molecule has 2 aromatic carbocycles. The molecule has 0 amide bonds. The molecule has 0 fully saturated rings. The number of hydrazone groups is 1. The number of aromatic nitrogens is 4. The summed E-state index contributed by atoms with van der Waals surface area (Å²) >= 11 is 3.46. The Morgan fingerprint density at radius 1 is 1.00 bits per heavy atom. The van der Waals surface area contributed by atoms with E-state index in [4.69, 9.17) is 9.47 Å². The Labute approximate surface area is 208 Å². The maximum absolute atomic E-state index is 12.6. The lowest BCUT2D eigenvalue weighted by atomic mass is 9.99. The van der Waals surface area contributed by atoms with Crippen LogP contribution in [-0.2, 0) is 21.1 Å². The molecule has 1 aliphatic heterocycles. The van der Waals surface area contributed by atoms with Gasteiger partial charge in [-0.05, 0) is 35.4 Å². The molecule has 3 heterocycles. The molecule has 0 saturated carbocycles. The van der Waals surface area contributed by atoms with Crippen molar-refractivity contribution in [2.45, 2.75) is 12.5 Å². The van der Waals surface area contributed by atoms with E-state index < -0.39 is 11.2 Å². The van der Waals surface area contributed by atoms with Gasteiger partial charge in [-0.2, -0.15) is 10.1 Å². The largest absolute Gasteiger partial charge is 0.493 e. The van der Waals surface area contributed by atoms with E-state index in [0.29, 0.717) is 11.5 Å². The molecule has 1 aliphatic rings. The first-order valence-electron chi connectivity index (χ1n) is 10.8. The molecule has 2 aromatic heterocycles. The highest BCUT2D eigenvalue weighted by atomic mass is 79.9. The first-order valence-corrected chi connectivity index (χ1v) is 11.6. The van der Waals surface area contributed by atoms with Crippen LogP contribution in [0.4, 0.5) is 0 Å². The van der Waals surface area contributed by atoms with Gasteiger partial charge in [-0.25, -0.2) is 4.79 Å². The molecule has 0 radical (unpaired) electrons. The number of methoxy groups -OCH3 is 1. The third-order valence-corrected chi connectivity index (χ3v) is 6.68. The Kier molecular flexibility index (Phi) is 5.72. The summed E-state index contributed by atoms with van der Waals surface area (Å²) in [6.45, 7) is 0. The summed E-state index contributed by atoms with van der Waals surface area (Å²) in [5, 5.41) is 4.51. The minimum Gasteiger partial charge on any atom is -0.493 e. The lowest BCUT2D eigenvalue weighted by Crippen LogP contribution is -2.37. The van der Waals surface area contributed by atoms with Crippen LogP contribution >= 0.6 is 15.9 Å². The number of halogens is 1. The molecule has 1 atom stereocenters. The molecule has 1 N–H and O–H groups in total. The van der Waals surface area contributed by atoms with Crippen molar-refractivity contribution in [3.8, 4) is 17.5 Å². The van der Waals surface area contributed by atoms with Crippen LogP contribution in [0.5, 0.6) is 17.5 Å². The van der Waals surface area contributed by atoms with Gasteiger partial charge in [0, 0.05) is 32.0 Å². The predicted octanol–water partition coefficient (Wildman–Crippen LogP) is 2.97. The Morgan fingerprint density at radius 2 is 1.74 bits per heavy atom. The number of hydrogen-bond donors (Lipinski definition) is 1. The van der Waals surface area contributed by atoms with E-state index >= 15 is 0 Å². The molecule has 0 bridgehead atoms. The third-order valence-electron chi connectivity index (χ3n) is 6.16. The molecule has 180 valence electrons. The zero-order valence-electron chi connectivity index (χ0n) is 19.6. The number of aryl methyl sites for hydroxylation is 2. The first-order chi connectivity index (χ1) is 16.8. The van der Waals surface area contributed by atoms with E-state index in [1.165, 1.54) is 16.2 Å². The molecule has 10 nitrogen and oxygen atoms in total. The topological polar surface area (TPSA) is 105 Å². The fourth-order valence-electron chi connectivity index (χ4n) is 4.13. The molecular weight excluding hydrogens is 516 g/mol. The smallest absolute Gasteiger partial charge is 0.332 e. The minimum absolute atomic E-state index is 0.00936. The Balaban J connectivity index is 1.43. The molecule has 4 aromatic rings. The Hall–Kier alpha value is -3.86. The molecule has 5 rings (SSSR count). The fourth-order valence-corrected chi connectivity index (χ4v) is 4.40. The van der Waals surface area contributed by atoms with Gasteiger partial charge in [-0.3, -0.25) is 18.5 Å². The number of benzene rings is 2. The summed E-state index contributed by atoms with van der Waals surface area (Å²) in [6, 6.07) is 13.8. The van der Waals surface area contributed by atoms with Gasteiger partial charge in [-0.1, -0.05) is 34.1 Å². The monoisotopic (exact) mass is 538 g/mol. The minimum atomic E-state index is -0.456. The Morgan fingerprint density at radius 3 is 2.46 bits per heavy atom. The van der Waals surface area contributed by atoms with Crippen molar-refractivity contribution in [1.82, 2.24) is 24.1 Å². The van der Waals surface area contributed by atoms with E-state index in [2.05, 4.69) is 31.4 Å². The van der Waals surface area contributed by atoms with Crippen LogP contribution in [0.2, 0.25) is 0 Å². The summed E-state index contributed by atoms with van der Waals surface area (Å²) in [7, 11) is 6.23. The van der Waals surface area contributed by atoms with E-state index in [9.17, 15) is 9.59 Å². The average Bonchev–Trinajstić information content (AvgIpc) is 3.48. The second-order valence-corrected chi connectivity index (χ2v) is 9.21. The second-order valence-electron chi connectivity index (χ2n) is 8.29. The van der Waals surface area contributed by atoms with Gasteiger partial charge < -0.3 is 14.9 Å². The SMILES string of the molecule is COc1cc(C2CC(c3ccc(Br)cc3)=NN2)ccc1Oc1nc2c(c(=O)n(C)c(=O)n2C)n1C. The van der Waals surface area contributed by atoms with Crippen LogP contribution in [-0.4, -0.2) is 31.5 Å². The molecule has 35 heavy (non-hydrogen) atoms. The average molecular weight is 539 g/mol. The zero-order chi connectivity index (χ0) is 24.9. The highest BCUT2D eigenvalue weighted by Crippen LogP contribution is 2.36. The van der Waals surface area contributed by atoms with Crippen molar-refractivity contribution < 1.29 is 9.47 Å². The van der Waals surface area contributed by atoms with E-state index in [1.54, 1.807) is 27.3 Å². The summed E-state index contributed by atoms with van der Waals surface area (Å²) in [6.07, 6.45) is 0.729. The number of nitrogens with one attached hydrogen (secondary N) is 1. The van der Waals surface area contributed by atoms with Crippen molar-refractivity contribution in [2.24, 2.45) is 26.2 Å². The first kappa shape index (κ1) is 22.9. The summed E-state index contributed by atoms with van der Waals surface area (Å²) < 4.78 is 16.5. The van der Waals surface area contributed by atoms with Gasteiger partial charge in [0.2, 0.25) is 0 Å². The summed E-state index contributed by atoms with van der Waals surface area (Å²) in [4.78, 5) is 29.3. The standard InChI is InChI=1S/C24H23BrN6O4/c1-29-20-21(30(2)24(33)31(3)22(20)32)26-23(29)35-18-10-7-14(11-19(18)34-4)17-12-16(27-28-17)13-5-8-15(25)9-6-13/h5-11,17,28H,12H2,1-4H3. The highest BCUT2D eigenvalue weighted by molar-refractivity contribution is 9.10. The van der Waals surface area contributed by atoms with Crippen LogP contribution < -0.4 is 26.1 Å². The third kappa shape index (κ3) is 3.91. The zero-order valence-corrected chi connectivity index (χ0v) is 21.2. The lowest BCUT2D eigenvalue weighted by Gasteiger charge is -2.15. The number of nitrogens with zero attached hydrogens (tertiary/aromatic N) is 5. The normalized spacial score (nSPS) is 15.2. The van der Waals surface area contributed by atoms with Gasteiger partial charge >= 0.3 is 11.7 Å². The van der Waals surface area contributed by atoms with Crippen LogP contribution in [0.1, 0.15) is 23.6 Å². The van der Waals surface area contributed by atoms with Crippen LogP contribution in [0.3, 0.4) is 0 Å². The van der Waals surface area contributed by atoms with Gasteiger partial charge in [-0.15, -0.1) is 0 Å². The number of fused-ring (bicyclic) bond motifs is 1. The lowest BCUT2D eigenvalue weighted by molar-refractivity contribution is 0.362. The van der Waals surface area contributed by atoms with Crippen molar-refractivity contribution in [2.75, 3.05) is 7.11 Å². The van der Waals surface area contributed by atoms with Gasteiger partial charge in [0.15, 0.2) is 22.7 Å². The van der Waals surface area contributed by atoms with Crippen molar-refractivity contribution in [1.29, 1.82) is 0 Å². The predicted molar refractivity (Wildman–Crippen MR) is 135 cm³/mol. The molecule has 0 spiro atoms. The number of imidazole rings is 1. The summed E-state index contributed by atoms with van der Waals surface area (Å²) in [5.41, 5.74) is 5.86. The molecule has 0 saturated heterocycles. The molecular formula is C24H23BrN6O4. The van der Waals surface area contributed by atoms with E-state index in [-0.39, 0.29) is 23.2 Å². The van der Waals surface area contributed by atoms with Crippen LogP contribution in [0.15, 0.2) is 61.6 Å². The molecule has 1 unspecified atom stereocenters. The highest BCUT2D eigenvalue weighted by Gasteiger charge is 2.24. The van der Waals surface area contributed by atoms with Crippen molar-refractivity contribution >= 4 is 32.8 Å². The fraction of sp³-hybridized carbons (Fsp3) is 0.250. The van der Waals surface area contributed by atoms with Crippen molar-refractivity contribution in [3.05, 3.63) is 78.9 Å². The maximum Gasteiger partial charge on any atom is 0.332 e. The second kappa shape index (κ2) is 8.73. The number of hydrogen-bond acceptors (Lipinski definition) is 7.